The average molecular weight is 224 g/mol. The van der Waals surface area contributed by atoms with Crippen LogP contribution >= 0.6 is 11.3 Å². The van der Waals surface area contributed by atoms with E-state index in [1.807, 2.05) is 19.2 Å². The van der Waals surface area contributed by atoms with E-state index in [9.17, 15) is 9.59 Å². The fourth-order valence-corrected chi connectivity index (χ4v) is 2.73. The second kappa shape index (κ2) is 3.66. The molecule has 0 radical (unpaired) electrons. The zero-order valence-corrected chi connectivity index (χ0v) is 9.48. The summed E-state index contributed by atoms with van der Waals surface area (Å²) >= 11 is 1.45. The predicted molar refractivity (Wildman–Crippen MR) is 61.7 cm³/mol. The number of nitrogens with one attached hydrogen (secondary N) is 1. The van der Waals surface area contributed by atoms with E-state index >= 15 is 0 Å². The maximum atomic E-state index is 11.6. The summed E-state index contributed by atoms with van der Waals surface area (Å²) in [5.74, 6) is 0. The van der Waals surface area contributed by atoms with Crippen LogP contribution < -0.4 is 11.2 Å². The topological polar surface area (TPSA) is 54.9 Å². The Hall–Kier alpha value is -1.36. The van der Waals surface area contributed by atoms with Crippen molar-refractivity contribution in [3.8, 4) is 0 Å². The van der Waals surface area contributed by atoms with Crippen LogP contribution in [0.5, 0.6) is 0 Å². The lowest BCUT2D eigenvalue weighted by Gasteiger charge is -2.03. The van der Waals surface area contributed by atoms with Crippen LogP contribution in [0.4, 0.5) is 0 Å². The largest absolute Gasteiger partial charge is 0.329 e. The van der Waals surface area contributed by atoms with Gasteiger partial charge in [0.25, 0.3) is 5.56 Å². The normalized spacial score (nSPS) is 11.1. The molecule has 0 aliphatic heterocycles. The number of aromatic amines is 1. The Labute approximate surface area is 90.2 Å². The van der Waals surface area contributed by atoms with Gasteiger partial charge in [0.15, 0.2) is 0 Å². The van der Waals surface area contributed by atoms with Gasteiger partial charge in [-0.05, 0) is 24.3 Å². The standard InChI is InChI=1S/C10H12N2O2S/c1-3-4-12-9-7(6(2)5-15-9)8(13)11-10(12)14/h5H,3-4H2,1-2H3,(H,11,13,14). The molecule has 2 aromatic heterocycles. The number of fused-ring (bicyclic) bond motifs is 1. The lowest BCUT2D eigenvalue weighted by Crippen LogP contribution is -2.29. The van der Waals surface area contributed by atoms with Crippen molar-refractivity contribution in [1.29, 1.82) is 0 Å². The monoisotopic (exact) mass is 224 g/mol. The SMILES string of the molecule is CCCn1c(=O)[nH]c(=O)c2c(C)csc21. The van der Waals surface area contributed by atoms with Gasteiger partial charge in [0.05, 0.1) is 5.39 Å². The third-order valence-corrected chi connectivity index (χ3v) is 3.46. The van der Waals surface area contributed by atoms with Crippen LogP contribution in [0.3, 0.4) is 0 Å². The van der Waals surface area contributed by atoms with Crippen LogP contribution in [0.15, 0.2) is 15.0 Å². The van der Waals surface area contributed by atoms with Gasteiger partial charge in [0.1, 0.15) is 4.83 Å². The second-order valence-electron chi connectivity index (χ2n) is 3.51. The first-order valence-corrected chi connectivity index (χ1v) is 5.74. The summed E-state index contributed by atoms with van der Waals surface area (Å²) < 4.78 is 1.63. The Kier molecular flexibility index (Phi) is 2.48. The van der Waals surface area contributed by atoms with Crippen molar-refractivity contribution in [2.75, 3.05) is 0 Å². The molecule has 0 unspecified atom stereocenters. The van der Waals surface area contributed by atoms with E-state index < -0.39 is 0 Å². The number of H-pyrrole nitrogens is 1. The predicted octanol–water partition coefficient (Wildman–Crippen LogP) is 1.47. The number of hydrogen-bond donors (Lipinski definition) is 1. The molecule has 2 rings (SSSR count). The third kappa shape index (κ3) is 1.52. The molecule has 5 heteroatoms. The van der Waals surface area contributed by atoms with Crippen LogP contribution in [-0.4, -0.2) is 9.55 Å². The molecule has 0 aliphatic rings. The van der Waals surface area contributed by atoms with Crippen molar-refractivity contribution >= 4 is 21.6 Å². The number of hydrogen-bond acceptors (Lipinski definition) is 3. The molecule has 4 nitrogen and oxygen atoms in total. The summed E-state index contributed by atoms with van der Waals surface area (Å²) in [6, 6.07) is 0. The highest BCUT2D eigenvalue weighted by Crippen LogP contribution is 2.20. The number of aryl methyl sites for hydroxylation is 2. The zero-order chi connectivity index (χ0) is 11.0. The summed E-state index contributed by atoms with van der Waals surface area (Å²) in [5, 5.41) is 2.55. The Balaban J connectivity index is 2.91. The Bertz CT molecular complexity index is 606. The molecule has 0 fully saturated rings. The lowest BCUT2D eigenvalue weighted by atomic mass is 10.3. The minimum atomic E-state index is -0.309. The van der Waals surface area contributed by atoms with Crippen LogP contribution in [0.25, 0.3) is 10.2 Å². The van der Waals surface area contributed by atoms with E-state index in [4.69, 9.17) is 0 Å². The molecule has 15 heavy (non-hydrogen) atoms. The van der Waals surface area contributed by atoms with Crippen LogP contribution in [0.1, 0.15) is 18.9 Å². The molecular weight excluding hydrogens is 212 g/mol. The fraction of sp³-hybridized carbons (Fsp3) is 0.400. The average Bonchev–Trinajstić information content (AvgIpc) is 2.55. The van der Waals surface area contributed by atoms with E-state index in [1.165, 1.54) is 11.3 Å². The Morgan fingerprint density at radius 2 is 2.20 bits per heavy atom. The second-order valence-corrected chi connectivity index (χ2v) is 4.37. The van der Waals surface area contributed by atoms with E-state index in [0.29, 0.717) is 11.9 Å². The Morgan fingerprint density at radius 3 is 2.87 bits per heavy atom. The van der Waals surface area contributed by atoms with Crippen LogP contribution in [0, 0.1) is 6.92 Å². The van der Waals surface area contributed by atoms with Gasteiger partial charge < -0.3 is 0 Å². The highest BCUT2D eigenvalue weighted by Gasteiger charge is 2.10. The lowest BCUT2D eigenvalue weighted by molar-refractivity contribution is 0.661. The van der Waals surface area contributed by atoms with Gasteiger partial charge in [-0.2, -0.15) is 0 Å². The van der Waals surface area contributed by atoms with Gasteiger partial charge >= 0.3 is 5.69 Å². The maximum absolute atomic E-state index is 11.6. The first kappa shape index (κ1) is 10.2. The highest BCUT2D eigenvalue weighted by molar-refractivity contribution is 7.17. The quantitative estimate of drug-likeness (QED) is 0.839. The molecule has 1 N–H and O–H groups in total. The van der Waals surface area contributed by atoms with E-state index in [2.05, 4.69) is 4.98 Å². The molecule has 2 heterocycles. The van der Waals surface area contributed by atoms with Crippen molar-refractivity contribution < 1.29 is 0 Å². The van der Waals surface area contributed by atoms with Gasteiger partial charge in [-0.1, -0.05) is 6.92 Å². The summed E-state index contributed by atoms with van der Waals surface area (Å²) in [6.07, 6.45) is 0.873. The summed E-state index contributed by atoms with van der Waals surface area (Å²) in [5.41, 5.74) is 0.346. The first-order chi connectivity index (χ1) is 7.15. The van der Waals surface area contributed by atoms with E-state index in [-0.39, 0.29) is 11.2 Å². The Morgan fingerprint density at radius 1 is 1.47 bits per heavy atom. The highest BCUT2D eigenvalue weighted by atomic mass is 32.1. The van der Waals surface area contributed by atoms with Gasteiger partial charge in [0.2, 0.25) is 0 Å². The molecule has 0 saturated heterocycles. The van der Waals surface area contributed by atoms with E-state index in [1.54, 1.807) is 4.57 Å². The van der Waals surface area contributed by atoms with Gasteiger partial charge in [0, 0.05) is 6.54 Å². The smallest absolute Gasteiger partial charge is 0.285 e. The summed E-state index contributed by atoms with van der Waals surface area (Å²) in [6.45, 7) is 4.53. The van der Waals surface area contributed by atoms with Gasteiger partial charge in [-0.25, -0.2) is 4.79 Å². The fourth-order valence-electron chi connectivity index (χ4n) is 1.65. The van der Waals surface area contributed by atoms with Crippen molar-refractivity contribution in [2.45, 2.75) is 26.8 Å². The van der Waals surface area contributed by atoms with Crippen molar-refractivity contribution in [1.82, 2.24) is 9.55 Å². The van der Waals surface area contributed by atoms with Crippen molar-refractivity contribution in [3.63, 3.8) is 0 Å². The van der Waals surface area contributed by atoms with Gasteiger partial charge in [-0.3, -0.25) is 14.3 Å². The molecule has 0 bridgehead atoms. The number of aromatic nitrogens is 2. The molecule has 0 aliphatic carbocycles. The molecule has 2 aromatic rings. The van der Waals surface area contributed by atoms with Crippen molar-refractivity contribution in [2.24, 2.45) is 0 Å². The molecule has 0 atom stereocenters. The van der Waals surface area contributed by atoms with Crippen LogP contribution in [-0.2, 0) is 6.54 Å². The first-order valence-electron chi connectivity index (χ1n) is 4.86. The summed E-state index contributed by atoms with van der Waals surface area (Å²) in [4.78, 5) is 26.3. The van der Waals surface area contributed by atoms with Crippen LogP contribution in [0.2, 0.25) is 0 Å². The molecule has 80 valence electrons. The minimum Gasteiger partial charge on any atom is -0.285 e. The molecular formula is C10H12N2O2S. The molecule has 0 saturated carbocycles. The maximum Gasteiger partial charge on any atom is 0.329 e. The molecule has 0 aromatic carbocycles. The summed E-state index contributed by atoms with van der Waals surface area (Å²) in [7, 11) is 0. The molecule has 0 spiro atoms. The zero-order valence-electron chi connectivity index (χ0n) is 8.66. The number of thiophene rings is 1. The van der Waals surface area contributed by atoms with Gasteiger partial charge in [-0.15, -0.1) is 11.3 Å². The van der Waals surface area contributed by atoms with Crippen molar-refractivity contribution in [3.05, 3.63) is 31.8 Å². The number of rotatable bonds is 2. The minimum absolute atomic E-state index is 0.277. The number of nitrogens with zero attached hydrogens (tertiary/aromatic N) is 1. The third-order valence-electron chi connectivity index (χ3n) is 2.34. The molecule has 0 amide bonds. The van der Waals surface area contributed by atoms with E-state index in [0.717, 1.165) is 16.8 Å².